The van der Waals surface area contributed by atoms with Crippen molar-refractivity contribution in [2.45, 2.75) is 31.0 Å². The molecule has 1 unspecified atom stereocenters. The number of hydrogen-bond acceptors (Lipinski definition) is 5. The van der Waals surface area contributed by atoms with Crippen molar-refractivity contribution in [3.05, 3.63) is 43.0 Å². The number of rotatable bonds is 3. The summed E-state index contributed by atoms with van der Waals surface area (Å²) in [5.74, 6) is 0. The molecule has 0 radical (unpaired) electrons. The fourth-order valence-corrected chi connectivity index (χ4v) is 2.12. The highest BCUT2D eigenvalue weighted by molar-refractivity contribution is 5.09. The number of H-pyrrole nitrogens is 1. The van der Waals surface area contributed by atoms with Gasteiger partial charge in [-0.15, -0.1) is 0 Å². The molecule has 1 aromatic heterocycles. The number of ether oxygens (including phenoxy) is 1. The number of aliphatic hydroxyl groups is 1. The Hall–Kier alpha value is -2.30. The van der Waals surface area contributed by atoms with Crippen molar-refractivity contribution in [1.82, 2.24) is 9.55 Å². The summed E-state index contributed by atoms with van der Waals surface area (Å²) in [5.41, 5.74) is 2.56. The molecular formula is C10H10F3N5O4. The second-order valence-electron chi connectivity index (χ2n) is 4.61. The van der Waals surface area contributed by atoms with E-state index in [4.69, 9.17) is 10.3 Å². The van der Waals surface area contributed by atoms with E-state index in [0.29, 0.717) is 10.8 Å². The third kappa shape index (κ3) is 2.84. The van der Waals surface area contributed by atoms with Crippen LogP contribution in [0.3, 0.4) is 0 Å². The molecule has 22 heavy (non-hydrogen) atoms. The average Bonchev–Trinajstić information content (AvgIpc) is 2.82. The zero-order valence-corrected chi connectivity index (χ0v) is 10.9. The molecule has 1 aromatic rings. The number of hydrogen-bond donors (Lipinski definition) is 2. The summed E-state index contributed by atoms with van der Waals surface area (Å²) in [6.07, 6.45) is -5.78. The maximum atomic E-state index is 12.7. The first-order chi connectivity index (χ1) is 10.2. The molecule has 0 aliphatic carbocycles. The van der Waals surface area contributed by atoms with Crippen molar-refractivity contribution in [3.8, 4) is 0 Å². The maximum Gasteiger partial charge on any atom is 0.423 e. The highest BCUT2D eigenvalue weighted by atomic mass is 19.4. The van der Waals surface area contributed by atoms with Gasteiger partial charge in [0.15, 0.2) is 5.72 Å². The van der Waals surface area contributed by atoms with Crippen LogP contribution >= 0.6 is 0 Å². The van der Waals surface area contributed by atoms with Crippen LogP contribution in [-0.4, -0.2) is 27.0 Å². The van der Waals surface area contributed by atoms with Crippen LogP contribution < -0.4 is 11.2 Å². The van der Waals surface area contributed by atoms with Crippen molar-refractivity contribution in [3.63, 3.8) is 0 Å². The first-order valence-corrected chi connectivity index (χ1v) is 6.00. The Bertz CT molecular complexity index is 735. The van der Waals surface area contributed by atoms with Gasteiger partial charge in [0, 0.05) is 11.1 Å². The summed E-state index contributed by atoms with van der Waals surface area (Å²) >= 11 is 0. The van der Waals surface area contributed by atoms with Gasteiger partial charge in [-0.25, -0.2) is 4.79 Å². The minimum Gasteiger partial charge on any atom is -0.393 e. The zero-order chi connectivity index (χ0) is 16.5. The molecule has 0 saturated carbocycles. The predicted octanol–water partition coefficient (Wildman–Crippen LogP) is 0.863. The molecule has 9 nitrogen and oxygen atoms in total. The van der Waals surface area contributed by atoms with E-state index in [9.17, 15) is 27.9 Å². The molecule has 1 aliphatic heterocycles. The lowest BCUT2D eigenvalue weighted by molar-refractivity contribution is -0.140. The SMILES string of the molecule is [N-]=[N+]=NC1(CO)CC[C@H](n2cc(C(F)(F)F)c(=O)[nH]c2=O)O1. The highest BCUT2D eigenvalue weighted by Gasteiger charge is 2.42. The van der Waals surface area contributed by atoms with Crippen LogP contribution in [-0.2, 0) is 10.9 Å². The number of nitrogens with one attached hydrogen (secondary N) is 1. The third-order valence-electron chi connectivity index (χ3n) is 3.19. The van der Waals surface area contributed by atoms with Crippen LogP contribution in [0.4, 0.5) is 13.2 Å². The average molecular weight is 321 g/mol. The van der Waals surface area contributed by atoms with Crippen LogP contribution in [0.5, 0.6) is 0 Å². The zero-order valence-electron chi connectivity index (χ0n) is 10.9. The van der Waals surface area contributed by atoms with Gasteiger partial charge in [0.1, 0.15) is 11.8 Å². The number of alkyl halides is 3. The molecule has 12 heteroatoms. The van der Waals surface area contributed by atoms with E-state index in [0.717, 1.165) is 0 Å². The van der Waals surface area contributed by atoms with Crippen molar-refractivity contribution < 1.29 is 23.0 Å². The van der Waals surface area contributed by atoms with Crippen molar-refractivity contribution in [2.75, 3.05) is 6.61 Å². The molecule has 120 valence electrons. The van der Waals surface area contributed by atoms with E-state index in [2.05, 4.69) is 10.0 Å². The Morgan fingerprint density at radius 3 is 2.82 bits per heavy atom. The second-order valence-corrected chi connectivity index (χ2v) is 4.61. The molecule has 0 spiro atoms. The topological polar surface area (TPSA) is 133 Å². The molecule has 0 aromatic carbocycles. The van der Waals surface area contributed by atoms with Crippen molar-refractivity contribution >= 4 is 0 Å². The molecular weight excluding hydrogens is 311 g/mol. The summed E-state index contributed by atoms with van der Waals surface area (Å²) in [7, 11) is 0. The number of nitrogens with zero attached hydrogens (tertiary/aromatic N) is 4. The first-order valence-electron chi connectivity index (χ1n) is 6.00. The monoisotopic (exact) mass is 321 g/mol. The second kappa shape index (κ2) is 5.48. The molecule has 2 rings (SSSR count). The summed E-state index contributed by atoms with van der Waals surface area (Å²) in [4.78, 5) is 26.9. The highest BCUT2D eigenvalue weighted by Crippen LogP contribution is 2.37. The summed E-state index contributed by atoms with van der Waals surface area (Å²) < 4.78 is 43.9. The molecule has 2 N–H and O–H groups in total. The van der Waals surface area contributed by atoms with Crippen LogP contribution in [0.15, 0.2) is 20.9 Å². The summed E-state index contributed by atoms with van der Waals surface area (Å²) in [6, 6.07) is 0. The Kier molecular flexibility index (Phi) is 4.00. The van der Waals surface area contributed by atoms with Gasteiger partial charge >= 0.3 is 11.9 Å². The predicted molar refractivity (Wildman–Crippen MR) is 64.6 cm³/mol. The van der Waals surface area contributed by atoms with Crippen molar-refractivity contribution in [1.29, 1.82) is 0 Å². The van der Waals surface area contributed by atoms with Gasteiger partial charge < -0.3 is 9.84 Å². The minimum absolute atomic E-state index is 0.00510. The molecule has 2 atom stereocenters. The van der Waals surface area contributed by atoms with Gasteiger partial charge in [-0.3, -0.25) is 14.3 Å². The van der Waals surface area contributed by atoms with E-state index in [1.54, 1.807) is 4.98 Å². The van der Waals surface area contributed by atoms with Gasteiger partial charge in [-0.1, -0.05) is 5.11 Å². The van der Waals surface area contributed by atoms with Crippen LogP contribution in [0.25, 0.3) is 10.4 Å². The fraction of sp³-hybridized carbons (Fsp3) is 0.600. The van der Waals surface area contributed by atoms with Crippen LogP contribution in [0.2, 0.25) is 0 Å². The Labute approximate surface area is 119 Å². The van der Waals surface area contributed by atoms with Crippen LogP contribution in [0, 0.1) is 0 Å². The molecule has 1 saturated heterocycles. The summed E-state index contributed by atoms with van der Waals surface area (Å²) in [6.45, 7) is -0.697. The number of halogens is 3. The van der Waals surface area contributed by atoms with E-state index < -0.39 is 41.5 Å². The number of azide groups is 1. The minimum atomic E-state index is -4.94. The van der Waals surface area contributed by atoms with Gasteiger partial charge in [0.05, 0.1) is 6.61 Å². The van der Waals surface area contributed by atoms with Crippen molar-refractivity contribution in [2.24, 2.45) is 5.11 Å². The standard InChI is InChI=1S/C10H10F3N5O4/c11-10(12,13)5-3-18(8(21)15-7(5)20)6-1-2-9(4-19,22-6)16-17-14/h3,6,19H,1-2,4H2,(H,15,20,21)/t6-,9?/m1/s1. The molecule has 1 fully saturated rings. The van der Waals surface area contributed by atoms with Gasteiger partial charge in [0.2, 0.25) is 0 Å². The lowest BCUT2D eigenvalue weighted by Crippen LogP contribution is -2.37. The Morgan fingerprint density at radius 2 is 2.27 bits per heavy atom. The van der Waals surface area contributed by atoms with E-state index in [1.807, 2.05) is 0 Å². The van der Waals surface area contributed by atoms with Gasteiger partial charge in [0.25, 0.3) is 5.56 Å². The number of aromatic amines is 1. The van der Waals surface area contributed by atoms with Crippen LogP contribution in [0.1, 0.15) is 24.6 Å². The van der Waals surface area contributed by atoms with E-state index in [1.165, 1.54) is 0 Å². The Balaban J connectivity index is 2.45. The molecule has 1 aliphatic rings. The van der Waals surface area contributed by atoms with Gasteiger partial charge in [-0.2, -0.15) is 13.2 Å². The van der Waals surface area contributed by atoms with Gasteiger partial charge in [-0.05, 0) is 18.4 Å². The lowest BCUT2D eigenvalue weighted by Gasteiger charge is -2.22. The lowest BCUT2D eigenvalue weighted by atomic mass is 10.1. The normalized spacial score (nSPS) is 25.0. The quantitative estimate of drug-likeness (QED) is 0.485. The molecule has 0 bridgehead atoms. The molecule has 0 amide bonds. The largest absolute Gasteiger partial charge is 0.423 e. The van der Waals surface area contributed by atoms with E-state index >= 15 is 0 Å². The Morgan fingerprint density at radius 1 is 1.59 bits per heavy atom. The number of aliphatic hydroxyl groups excluding tert-OH is 1. The van der Waals surface area contributed by atoms with E-state index in [-0.39, 0.29) is 12.8 Å². The number of aromatic nitrogens is 2. The fourth-order valence-electron chi connectivity index (χ4n) is 2.12. The molecule has 2 heterocycles. The smallest absolute Gasteiger partial charge is 0.393 e. The first kappa shape index (κ1) is 16.1. The maximum absolute atomic E-state index is 12.7. The third-order valence-corrected chi connectivity index (χ3v) is 3.19. The summed E-state index contributed by atoms with van der Waals surface area (Å²) in [5, 5.41) is 12.5.